The Balaban J connectivity index is 0.00000225. The zero-order valence-electron chi connectivity index (χ0n) is 8.55. The van der Waals surface area contributed by atoms with E-state index in [4.69, 9.17) is 10.2 Å². The Labute approximate surface area is 92.5 Å². The third-order valence-corrected chi connectivity index (χ3v) is 1.92. The van der Waals surface area contributed by atoms with Crippen LogP contribution in [-0.4, -0.2) is 39.4 Å². The number of aromatic hydroxyl groups is 1. The number of aliphatic hydroxyl groups is 2. The predicted molar refractivity (Wildman–Crippen MR) is 56.7 cm³/mol. The lowest BCUT2D eigenvalue weighted by atomic mass is 10.2. The first-order valence-corrected chi connectivity index (χ1v) is 4.48. The van der Waals surface area contributed by atoms with Crippen molar-refractivity contribution < 1.29 is 25.6 Å². The lowest BCUT2D eigenvalue weighted by Crippen LogP contribution is -2.36. The highest BCUT2D eigenvalue weighted by atomic mass is 16.3. The van der Waals surface area contributed by atoms with Crippen LogP contribution in [0.4, 0.5) is 0 Å². The van der Waals surface area contributed by atoms with Crippen LogP contribution in [0.15, 0.2) is 24.3 Å². The van der Waals surface area contributed by atoms with E-state index < -0.39 is 18.6 Å². The summed E-state index contributed by atoms with van der Waals surface area (Å²) in [7, 11) is 0. The molecule has 16 heavy (non-hydrogen) atoms. The molecule has 90 valence electrons. The molecule has 0 radical (unpaired) electrons. The maximum absolute atomic E-state index is 11.1. The fraction of sp³-hybridized carbons (Fsp3) is 0.300. The van der Waals surface area contributed by atoms with Crippen LogP contribution in [0.3, 0.4) is 0 Å². The Morgan fingerprint density at radius 3 is 2.56 bits per heavy atom. The molecule has 1 aromatic carbocycles. The lowest BCUT2D eigenvalue weighted by molar-refractivity contribution is -0.131. The Hall–Kier alpha value is -1.63. The van der Waals surface area contributed by atoms with Crippen LogP contribution in [-0.2, 0) is 11.3 Å². The molecule has 6 heteroatoms. The van der Waals surface area contributed by atoms with Crippen molar-refractivity contribution in [3.8, 4) is 5.75 Å². The van der Waals surface area contributed by atoms with Gasteiger partial charge in [-0.15, -0.1) is 0 Å². The number of benzene rings is 1. The normalized spacial score (nSPS) is 11.4. The minimum absolute atomic E-state index is 0. The summed E-state index contributed by atoms with van der Waals surface area (Å²) in [4.78, 5) is 11.1. The number of amides is 1. The second-order valence-electron chi connectivity index (χ2n) is 3.04. The van der Waals surface area contributed by atoms with E-state index in [1.165, 1.54) is 6.07 Å². The van der Waals surface area contributed by atoms with Crippen molar-refractivity contribution in [3.63, 3.8) is 0 Å². The maximum atomic E-state index is 11.1. The Bertz CT molecular complexity index is 342. The molecule has 0 heterocycles. The van der Waals surface area contributed by atoms with Gasteiger partial charge in [-0.2, -0.15) is 0 Å². The second kappa shape index (κ2) is 6.78. The smallest absolute Gasteiger partial charge is 0.251 e. The van der Waals surface area contributed by atoms with Crippen LogP contribution >= 0.6 is 0 Å². The molecule has 1 rings (SSSR count). The van der Waals surface area contributed by atoms with E-state index in [0.29, 0.717) is 5.56 Å². The fourth-order valence-electron chi connectivity index (χ4n) is 1.04. The summed E-state index contributed by atoms with van der Waals surface area (Å²) >= 11 is 0. The van der Waals surface area contributed by atoms with E-state index in [-0.39, 0.29) is 17.8 Å². The SMILES string of the molecule is O.O=C(NCc1ccccc1O)C(O)CO. The molecule has 0 saturated carbocycles. The maximum Gasteiger partial charge on any atom is 0.251 e. The standard InChI is InChI=1S/C10H13NO4.H2O/c12-6-9(14)10(15)11-5-7-3-1-2-4-8(7)13;/h1-4,9,12-14H,5-6H2,(H,11,15);1H2. The fourth-order valence-corrected chi connectivity index (χ4v) is 1.04. The van der Waals surface area contributed by atoms with Gasteiger partial charge in [-0.25, -0.2) is 0 Å². The van der Waals surface area contributed by atoms with E-state index in [1.807, 2.05) is 0 Å². The number of aliphatic hydroxyl groups excluding tert-OH is 2. The van der Waals surface area contributed by atoms with Gasteiger partial charge in [-0.1, -0.05) is 18.2 Å². The van der Waals surface area contributed by atoms with Crippen molar-refractivity contribution in [1.82, 2.24) is 5.32 Å². The lowest BCUT2D eigenvalue weighted by Gasteiger charge is -2.09. The van der Waals surface area contributed by atoms with Gasteiger partial charge in [0.15, 0.2) is 6.10 Å². The third-order valence-electron chi connectivity index (χ3n) is 1.92. The Kier molecular flexibility index (Phi) is 6.09. The molecule has 1 amide bonds. The van der Waals surface area contributed by atoms with Gasteiger partial charge in [0.1, 0.15) is 5.75 Å². The summed E-state index contributed by atoms with van der Waals surface area (Å²) in [6, 6.07) is 6.55. The average molecular weight is 229 g/mol. The van der Waals surface area contributed by atoms with Crippen LogP contribution in [0, 0.1) is 0 Å². The average Bonchev–Trinajstić information content (AvgIpc) is 2.26. The second-order valence-corrected chi connectivity index (χ2v) is 3.04. The van der Waals surface area contributed by atoms with Crippen molar-refractivity contribution in [1.29, 1.82) is 0 Å². The van der Waals surface area contributed by atoms with Crippen LogP contribution in [0.1, 0.15) is 5.56 Å². The van der Waals surface area contributed by atoms with Gasteiger partial charge in [0.05, 0.1) is 6.61 Å². The number of hydrogen-bond donors (Lipinski definition) is 4. The number of rotatable bonds is 4. The summed E-state index contributed by atoms with van der Waals surface area (Å²) < 4.78 is 0. The van der Waals surface area contributed by atoms with E-state index in [1.54, 1.807) is 18.2 Å². The minimum Gasteiger partial charge on any atom is -0.508 e. The van der Waals surface area contributed by atoms with Gasteiger partial charge in [0, 0.05) is 12.1 Å². The summed E-state index contributed by atoms with van der Waals surface area (Å²) in [6.45, 7) is -0.505. The molecule has 1 aromatic rings. The molecule has 0 aromatic heterocycles. The molecule has 0 aliphatic carbocycles. The van der Waals surface area contributed by atoms with Gasteiger partial charge in [0.2, 0.25) is 0 Å². The summed E-state index contributed by atoms with van der Waals surface area (Å²) in [5, 5.41) is 29.2. The minimum atomic E-state index is -1.42. The van der Waals surface area contributed by atoms with Crippen molar-refractivity contribution in [2.45, 2.75) is 12.6 Å². The number of carbonyl (C=O) groups is 1. The van der Waals surface area contributed by atoms with E-state index >= 15 is 0 Å². The van der Waals surface area contributed by atoms with Gasteiger partial charge in [-0.3, -0.25) is 4.79 Å². The number of hydrogen-bond acceptors (Lipinski definition) is 4. The van der Waals surface area contributed by atoms with E-state index in [2.05, 4.69) is 5.32 Å². The topological polar surface area (TPSA) is 121 Å². The summed E-state index contributed by atoms with van der Waals surface area (Å²) in [6.07, 6.45) is -1.42. The first-order chi connectivity index (χ1) is 7.15. The molecule has 0 aliphatic heterocycles. The van der Waals surface area contributed by atoms with Gasteiger partial charge < -0.3 is 26.1 Å². The molecular weight excluding hydrogens is 214 g/mol. The largest absolute Gasteiger partial charge is 0.508 e. The number of para-hydroxylation sites is 1. The van der Waals surface area contributed by atoms with Gasteiger partial charge >= 0.3 is 0 Å². The first kappa shape index (κ1) is 14.4. The number of carbonyl (C=O) groups excluding carboxylic acids is 1. The number of phenolic OH excluding ortho intramolecular Hbond substituents is 1. The third kappa shape index (κ3) is 3.85. The van der Waals surface area contributed by atoms with Crippen LogP contribution in [0.2, 0.25) is 0 Å². The highest BCUT2D eigenvalue weighted by molar-refractivity contribution is 5.80. The first-order valence-electron chi connectivity index (χ1n) is 4.48. The number of phenols is 1. The Morgan fingerprint density at radius 1 is 1.38 bits per heavy atom. The zero-order chi connectivity index (χ0) is 11.3. The van der Waals surface area contributed by atoms with Crippen LogP contribution in [0.25, 0.3) is 0 Å². The highest BCUT2D eigenvalue weighted by Crippen LogP contribution is 2.14. The molecule has 0 fully saturated rings. The molecule has 0 spiro atoms. The molecule has 6 nitrogen and oxygen atoms in total. The van der Waals surface area contributed by atoms with Crippen molar-refractivity contribution >= 4 is 5.91 Å². The quantitative estimate of drug-likeness (QED) is 0.504. The highest BCUT2D eigenvalue weighted by Gasteiger charge is 2.13. The summed E-state index contributed by atoms with van der Waals surface area (Å²) in [5.74, 6) is -0.586. The van der Waals surface area contributed by atoms with Crippen molar-refractivity contribution in [2.75, 3.05) is 6.61 Å². The van der Waals surface area contributed by atoms with Crippen molar-refractivity contribution in [2.24, 2.45) is 0 Å². The predicted octanol–water partition coefficient (Wildman–Crippen LogP) is -1.46. The van der Waals surface area contributed by atoms with Crippen LogP contribution < -0.4 is 5.32 Å². The molecule has 1 unspecified atom stereocenters. The molecule has 6 N–H and O–H groups in total. The zero-order valence-corrected chi connectivity index (χ0v) is 8.55. The molecule has 0 saturated heterocycles. The number of nitrogens with one attached hydrogen (secondary N) is 1. The Morgan fingerprint density at radius 2 is 2.00 bits per heavy atom. The van der Waals surface area contributed by atoms with E-state index in [9.17, 15) is 9.90 Å². The monoisotopic (exact) mass is 229 g/mol. The van der Waals surface area contributed by atoms with E-state index in [0.717, 1.165) is 0 Å². The molecule has 0 bridgehead atoms. The summed E-state index contributed by atoms with van der Waals surface area (Å²) in [5.41, 5.74) is 0.552. The molecular formula is C10H15NO5. The molecule has 1 atom stereocenters. The van der Waals surface area contributed by atoms with Gasteiger partial charge in [0.25, 0.3) is 5.91 Å². The van der Waals surface area contributed by atoms with Crippen molar-refractivity contribution in [3.05, 3.63) is 29.8 Å². The van der Waals surface area contributed by atoms with Crippen LogP contribution in [0.5, 0.6) is 5.75 Å². The van der Waals surface area contributed by atoms with Gasteiger partial charge in [-0.05, 0) is 6.07 Å². The molecule has 0 aliphatic rings.